The van der Waals surface area contributed by atoms with Gasteiger partial charge in [0.25, 0.3) is 0 Å². The Balaban J connectivity index is 1.96. The Morgan fingerprint density at radius 2 is 1.88 bits per heavy atom. The van der Waals surface area contributed by atoms with Crippen LogP contribution in [-0.4, -0.2) is 21.2 Å². The lowest BCUT2D eigenvalue weighted by molar-refractivity contribution is 0.175. The van der Waals surface area contributed by atoms with Gasteiger partial charge in [-0.25, -0.2) is 0 Å². The molecule has 3 nitrogen and oxygen atoms in total. The van der Waals surface area contributed by atoms with Gasteiger partial charge in [0, 0.05) is 42.1 Å². The van der Waals surface area contributed by atoms with Gasteiger partial charge < -0.3 is 5.11 Å². The molecular weight excluding hydrogens is 280 g/mol. The van der Waals surface area contributed by atoms with E-state index < -0.39 is 6.10 Å². The van der Waals surface area contributed by atoms with Crippen molar-refractivity contribution in [2.75, 3.05) is 0 Å². The third kappa shape index (κ3) is 3.91. The minimum absolute atomic E-state index is 0.407. The number of aliphatic hydroxyl groups excluding tert-OH is 1. The molecular formula is C13H13BrN2O. The van der Waals surface area contributed by atoms with Crippen LogP contribution in [0.25, 0.3) is 0 Å². The first kappa shape index (κ1) is 12.2. The van der Waals surface area contributed by atoms with E-state index >= 15 is 0 Å². The van der Waals surface area contributed by atoms with Crippen molar-refractivity contribution in [1.29, 1.82) is 0 Å². The number of aliphatic hydroxyl groups is 1. The van der Waals surface area contributed by atoms with Gasteiger partial charge in [0.15, 0.2) is 0 Å². The highest BCUT2D eigenvalue weighted by Crippen LogP contribution is 2.12. The van der Waals surface area contributed by atoms with E-state index in [-0.39, 0.29) is 0 Å². The van der Waals surface area contributed by atoms with Gasteiger partial charge in [-0.05, 0) is 39.2 Å². The Morgan fingerprint density at radius 3 is 2.59 bits per heavy atom. The molecule has 2 rings (SSSR count). The highest BCUT2D eigenvalue weighted by molar-refractivity contribution is 9.10. The van der Waals surface area contributed by atoms with Gasteiger partial charge in [-0.2, -0.15) is 0 Å². The van der Waals surface area contributed by atoms with Gasteiger partial charge in [0.2, 0.25) is 0 Å². The van der Waals surface area contributed by atoms with E-state index in [1.807, 2.05) is 18.2 Å². The maximum atomic E-state index is 9.98. The van der Waals surface area contributed by atoms with Crippen molar-refractivity contribution in [2.24, 2.45) is 0 Å². The Kier molecular flexibility index (Phi) is 4.23. The van der Waals surface area contributed by atoms with Crippen molar-refractivity contribution in [3.63, 3.8) is 0 Å². The summed E-state index contributed by atoms with van der Waals surface area (Å²) in [5, 5.41) is 9.98. The van der Waals surface area contributed by atoms with Crippen molar-refractivity contribution in [3.8, 4) is 0 Å². The van der Waals surface area contributed by atoms with Crippen molar-refractivity contribution in [2.45, 2.75) is 18.9 Å². The zero-order valence-electron chi connectivity index (χ0n) is 9.25. The molecule has 0 fully saturated rings. The van der Waals surface area contributed by atoms with E-state index in [1.54, 1.807) is 24.8 Å². The summed E-state index contributed by atoms with van der Waals surface area (Å²) in [5.41, 5.74) is 2.07. The van der Waals surface area contributed by atoms with Crippen LogP contribution < -0.4 is 0 Å². The second kappa shape index (κ2) is 5.89. The maximum absolute atomic E-state index is 9.98. The summed E-state index contributed by atoms with van der Waals surface area (Å²) in [6.45, 7) is 0. The zero-order chi connectivity index (χ0) is 12.1. The predicted octanol–water partition coefficient (Wildman–Crippen LogP) is 2.39. The standard InChI is InChI=1S/C13H13BrN2O/c14-12-4-11(8-16-9-12)6-13(17)5-10-2-1-3-15-7-10/h1-4,7-9,13,17H,5-6H2. The average Bonchev–Trinajstić information content (AvgIpc) is 2.30. The zero-order valence-corrected chi connectivity index (χ0v) is 10.8. The summed E-state index contributed by atoms with van der Waals surface area (Å²) in [7, 11) is 0. The minimum Gasteiger partial charge on any atom is -0.392 e. The monoisotopic (exact) mass is 292 g/mol. The molecule has 0 aliphatic heterocycles. The molecule has 4 heteroatoms. The Hall–Kier alpha value is -1.26. The van der Waals surface area contributed by atoms with Crippen molar-refractivity contribution < 1.29 is 5.11 Å². The lowest BCUT2D eigenvalue weighted by Gasteiger charge is -2.10. The van der Waals surface area contributed by atoms with E-state index in [9.17, 15) is 5.11 Å². The van der Waals surface area contributed by atoms with Crippen LogP contribution in [0.1, 0.15) is 11.1 Å². The normalized spacial score (nSPS) is 12.4. The van der Waals surface area contributed by atoms with Crippen LogP contribution in [0.2, 0.25) is 0 Å². The van der Waals surface area contributed by atoms with Crippen LogP contribution in [0.3, 0.4) is 0 Å². The summed E-state index contributed by atoms with van der Waals surface area (Å²) in [6, 6.07) is 5.82. The number of rotatable bonds is 4. The molecule has 0 spiro atoms. The van der Waals surface area contributed by atoms with E-state index in [0.717, 1.165) is 15.6 Å². The lowest BCUT2D eigenvalue weighted by atomic mass is 10.0. The fraction of sp³-hybridized carbons (Fsp3) is 0.231. The molecule has 1 unspecified atom stereocenters. The Morgan fingerprint density at radius 1 is 1.12 bits per heavy atom. The van der Waals surface area contributed by atoms with Gasteiger partial charge in [-0.15, -0.1) is 0 Å². The highest BCUT2D eigenvalue weighted by Gasteiger charge is 2.07. The van der Waals surface area contributed by atoms with Crippen molar-refractivity contribution in [1.82, 2.24) is 9.97 Å². The first-order chi connectivity index (χ1) is 8.24. The van der Waals surface area contributed by atoms with Gasteiger partial charge in [-0.3, -0.25) is 9.97 Å². The molecule has 0 bridgehead atoms. The number of hydrogen-bond donors (Lipinski definition) is 1. The summed E-state index contributed by atoms with van der Waals surface area (Å²) in [5.74, 6) is 0. The minimum atomic E-state index is -0.407. The van der Waals surface area contributed by atoms with Crippen LogP contribution in [0.5, 0.6) is 0 Å². The molecule has 0 aliphatic carbocycles. The van der Waals surface area contributed by atoms with Gasteiger partial charge in [-0.1, -0.05) is 6.07 Å². The summed E-state index contributed by atoms with van der Waals surface area (Å²) in [4.78, 5) is 8.10. The molecule has 0 aromatic carbocycles. The average molecular weight is 293 g/mol. The van der Waals surface area contributed by atoms with E-state index in [2.05, 4.69) is 25.9 Å². The van der Waals surface area contributed by atoms with Crippen LogP contribution in [0.15, 0.2) is 47.5 Å². The van der Waals surface area contributed by atoms with E-state index in [4.69, 9.17) is 0 Å². The molecule has 0 amide bonds. The molecule has 17 heavy (non-hydrogen) atoms. The smallest absolute Gasteiger partial charge is 0.0622 e. The quantitative estimate of drug-likeness (QED) is 0.941. The van der Waals surface area contributed by atoms with Crippen LogP contribution in [-0.2, 0) is 12.8 Å². The van der Waals surface area contributed by atoms with E-state index in [1.165, 1.54) is 0 Å². The molecule has 0 saturated heterocycles. The molecule has 1 N–H and O–H groups in total. The Bertz CT molecular complexity index is 476. The molecule has 0 aliphatic rings. The number of nitrogens with zero attached hydrogens (tertiary/aromatic N) is 2. The molecule has 88 valence electrons. The van der Waals surface area contributed by atoms with E-state index in [0.29, 0.717) is 12.8 Å². The first-order valence-electron chi connectivity index (χ1n) is 5.40. The number of halogens is 1. The second-order valence-corrected chi connectivity index (χ2v) is 4.85. The molecule has 1 atom stereocenters. The highest BCUT2D eigenvalue weighted by atomic mass is 79.9. The lowest BCUT2D eigenvalue weighted by Crippen LogP contribution is -2.14. The third-order valence-corrected chi connectivity index (χ3v) is 2.86. The second-order valence-electron chi connectivity index (χ2n) is 3.93. The summed E-state index contributed by atoms with van der Waals surface area (Å²) in [6.07, 6.45) is 7.82. The fourth-order valence-electron chi connectivity index (χ4n) is 1.70. The topological polar surface area (TPSA) is 46.0 Å². The largest absolute Gasteiger partial charge is 0.392 e. The number of hydrogen-bond acceptors (Lipinski definition) is 3. The molecule has 0 radical (unpaired) electrons. The SMILES string of the molecule is OC(Cc1cccnc1)Cc1cncc(Br)c1. The van der Waals surface area contributed by atoms with Gasteiger partial charge in [0.05, 0.1) is 6.10 Å². The molecule has 2 heterocycles. The maximum Gasteiger partial charge on any atom is 0.0622 e. The van der Waals surface area contributed by atoms with Crippen LogP contribution in [0, 0.1) is 0 Å². The van der Waals surface area contributed by atoms with Crippen LogP contribution in [0.4, 0.5) is 0 Å². The number of aromatic nitrogens is 2. The van der Waals surface area contributed by atoms with Crippen LogP contribution >= 0.6 is 15.9 Å². The van der Waals surface area contributed by atoms with Gasteiger partial charge in [0.1, 0.15) is 0 Å². The molecule has 0 saturated carbocycles. The van der Waals surface area contributed by atoms with Gasteiger partial charge >= 0.3 is 0 Å². The summed E-state index contributed by atoms with van der Waals surface area (Å²) >= 11 is 3.36. The Labute approximate surface area is 109 Å². The van der Waals surface area contributed by atoms with Crippen molar-refractivity contribution >= 4 is 15.9 Å². The fourth-order valence-corrected chi connectivity index (χ4v) is 2.11. The summed E-state index contributed by atoms with van der Waals surface area (Å²) < 4.78 is 0.934. The molecule has 2 aromatic rings. The molecule has 2 aromatic heterocycles. The van der Waals surface area contributed by atoms with Crippen molar-refractivity contribution in [3.05, 3.63) is 58.6 Å². The number of pyridine rings is 2. The third-order valence-electron chi connectivity index (χ3n) is 2.43. The predicted molar refractivity (Wildman–Crippen MR) is 69.6 cm³/mol. The first-order valence-corrected chi connectivity index (χ1v) is 6.20.